The van der Waals surface area contributed by atoms with Crippen molar-refractivity contribution in [3.8, 4) is 0 Å². The molecule has 3 N–H and O–H groups in total. The maximum Gasteiger partial charge on any atom is 0.326 e. The molecule has 1 heterocycles. The molecule has 0 aliphatic heterocycles. The second kappa shape index (κ2) is 11.0. The molecule has 4 aliphatic carbocycles. The molecular formula is C34H43N3O5. The Balaban J connectivity index is 1.06. The molecule has 42 heavy (non-hydrogen) atoms. The van der Waals surface area contributed by atoms with Gasteiger partial charge in [-0.25, -0.2) is 4.79 Å². The number of benzene rings is 1. The van der Waals surface area contributed by atoms with Crippen LogP contribution in [-0.2, 0) is 25.6 Å². The van der Waals surface area contributed by atoms with Gasteiger partial charge in [0.15, 0.2) is 6.61 Å². The van der Waals surface area contributed by atoms with Gasteiger partial charge in [0.2, 0.25) is 0 Å². The average Bonchev–Trinajstić information content (AvgIpc) is 3.53. The van der Waals surface area contributed by atoms with Crippen molar-refractivity contribution in [2.75, 3.05) is 6.61 Å². The number of nitrogens with one attached hydrogen (secondary N) is 2. The van der Waals surface area contributed by atoms with Gasteiger partial charge in [-0.3, -0.25) is 9.59 Å². The summed E-state index contributed by atoms with van der Waals surface area (Å²) in [5.41, 5.74) is 4.36. The number of amides is 1. The summed E-state index contributed by atoms with van der Waals surface area (Å²) in [6.07, 6.45) is 12.7. The van der Waals surface area contributed by atoms with Gasteiger partial charge >= 0.3 is 5.97 Å². The summed E-state index contributed by atoms with van der Waals surface area (Å²) >= 11 is 0. The number of aliphatic carboxylic acids is 1. The van der Waals surface area contributed by atoms with E-state index in [1.165, 1.54) is 24.8 Å². The molecule has 3 saturated carbocycles. The second-order valence-corrected chi connectivity index (χ2v) is 13.7. The number of fused-ring (bicyclic) bond motifs is 6. The number of hydrogen-bond donors (Lipinski definition) is 3. The number of aromatic nitrogens is 1. The van der Waals surface area contributed by atoms with Crippen LogP contribution in [0.4, 0.5) is 0 Å². The van der Waals surface area contributed by atoms with Crippen molar-refractivity contribution in [2.45, 2.75) is 84.6 Å². The Kier molecular flexibility index (Phi) is 7.52. The van der Waals surface area contributed by atoms with Crippen LogP contribution in [0.15, 0.2) is 47.3 Å². The number of carbonyl (C=O) groups is 3. The zero-order valence-corrected chi connectivity index (χ0v) is 24.9. The van der Waals surface area contributed by atoms with Crippen LogP contribution < -0.4 is 5.32 Å². The lowest BCUT2D eigenvalue weighted by atomic mass is 9.46. The maximum absolute atomic E-state index is 12.6. The Hall–Kier alpha value is -3.42. The van der Waals surface area contributed by atoms with E-state index >= 15 is 0 Å². The number of Topliss-reactive ketones (excluding diaryl/α,β-unsaturated/α-hetero) is 1. The molecule has 8 heteroatoms. The Morgan fingerprint density at radius 3 is 2.69 bits per heavy atom. The molecule has 0 bridgehead atoms. The minimum absolute atomic E-state index is 0.145. The van der Waals surface area contributed by atoms with E-state index in [2.05, 4.69) is 35.4 Å². The molecular weight excluding hydrogens is 530 g/mol. The SMILES string of the molecule is CC(=O)[C@H]1CC[C@H]2[C@@H]3CCC4=C/C(=N\OCC(=O)N[C@@H](Cc5c[nH]c6ccccc56)C(=O)O)CC[C@]4(C)[C@H]3CC[C@]12C. The van der Waals surface area contributed by atoms with E-state index in [0.29, 0.717) is 23.5 Å². The van der Waals surface area contributed by atoms with E-state index in [-0.39, 0.29) is 29.8 Å². The van der Waals surface area contributed by atoms with Crippen LogP contribution in [0.25, 0.3) is 10.9 Å². The van der Waals surface area contributed by atoms with E-state index < -0.39 is 17.9 Å². The number of allylic oxidation sites excluding steroid dienone is 2. The van der Waals surface area contributed by atoms with E-state index in [4.69, 9.17) is 4.84 Å². The first-order valence-electron chi connectivity index (χ1n) is 15.6. The summed E-state index contributed by atoms with van der Waals surface area (Å²) in [5, 5.41) is 17.6. The molecule has 224 valence electrons. The highest BCUT2D eigenvalue weighted by atomic mass is 16.6. The van der Waals surface area contributed by atoms with Crippen LogP contribution in [0.1, 0.15) is 77.7 Å². The summed E-state index contributed by atoms with van der Waals surface area (Å²) < 4.78 is 0. The molecule has 0 saturated heterocycles. The van der Waals surface area contributed by atoms with Crippen molar-refractivity contribution < 1.29 is 24.3 Å². The van der Waals surface area contributed by atoms with Crippen LogP contribution in [-0.4, -0.2) is 46.1 Å². The molecule has 1 aromatic carbocycles. The third-order valence-electron chi connectivity index (χ3n) is 11.6. The van der Waals surface area contributed by atoms with Gasteiger partial charge in [0.25, 0.3) is 5.91 Å². The molecule has 7 atom stereocenters. The first kappa shape index (κ1) is 28.7. The topological polar surface area (TPSA) is 121 Å². The summed E-state index contributed by atoms with van der Waals surface area (Å²) in [4.78, 5) is 45.5. The van der Waals surface area contributed by atoms with Gasteiger partial charge in [0.05, 0.1) is 5.71 Å². The fraction of sp³-hybridized carbons (Fsp3) is 0.588. The Bertz CT molecular complexity index is 1460. The first-order valence-corrected chi connectivity index (χ1v) is 15.6. The Labute approximate surface area is 247 Å². The number of oxime groups is 1. The van der Waals surface area contributed by atoms with Gasteiger partial charge in [-0.15, -0.1) is 0 Å². The van der Waals surface area contributed by atoms with Crippen LogP contribution in [0.5, 0.6) is 0 Å². The number of nitrogens with zero attached hydrogens (tertiary/aromatic N) is 1. The highest BCUT2D eigenvalue weighted by Gasteiger charge is 2.59. The molecule has 0 spiro atoms. The fourth-order valence-corrected chi connectivity index (χ4v) is 9.44. The fourth-order valence-electron chi connectivity index (χ4n) is 9.44. The normalized spacial score (nSPS) is 33.7. The van der Waals surface area contributed by atoms with E-state index in [9.17, 15) is 19.5 Å². The third-order valence-corrected chi connectivity index (χ3v) is 11.6. The number of para-hydroxylation sites is 1. The number of carbonyl (C=O) groups excluding carboxylic acids is 2. The lowest BCUT2D eigenvalue weighted by Crippen LogP contribution is -2.51. The van der Waals surface area contributed by atoms with Gasteiger partial charge in [0.1, 0.15) is 11.8 Å². The number of rotatable bonds is 8. The van der Waals surface area contributed by atoms with Gasteiger partial charge < -0.3 is 20.2 Å². The lowest BCUT2D eigenvalue weighted by Gasteiger charge is -2.58. The Morgan fingerprint density at radius 1 is 1.10 bits per heavy atom. The predicted molar refractivity (Wildman–Crippen MR) is 161 cm³/mol. The minimum atomic E-state index is -1.09. The van der Waals surface area contributed by atoms with Crippen molar-refractivity contribution in [1.82, 2.24) is 10.3 Å². The zero-order chi connectivity index (χ0) is 29.6. The zero-order valence-electron chi connectivity index (χ0n) is 24.9. The molecule has 4 aliphatic rings. The molecule has 6 rings (SSSR count). The molecule has 1 aromatic heterocycles. The van der Waals surface area contributed by atoms with Crippen LogP contribution in [0.2, 0.25) is 0 Å². The average molecular weight is 574 g/mol. The smallest absolute Gasteiger partial charge is 0.326 e. The number of carboxylic acid groups (broad SMARTS) is 1. The highest BCUT2D eigenvalue weighted by molar-refractivity contribution is 5.96. The highest BCUT2D eigenvalue weighted by Crippen LogP contribution is 2.66. The molecule has 0 unspecified atom stereocenters. The van der Waals surface area contributed by atoms with Crippen LogP contribution in [0.3, 0.4) is 0 Å². The number of hydrogen-bond acceptors (Lipinski definition) is 5. The second-order valence-electron chi connectivity index (χ2n) is 13.7. The standard InChI is InChI=1S/C34H43N3O5/c1-20(38)26-10-11-27-25-9-8-22-17-23(12-14-33(22,2)28(25)13-15-34(26,27)3)37-42-19-31(39)36-30(32(40)41)16-21-18-35-29-7-5-4-6-24(21)29/h4-7,17-18,25-28,30,35H,8-16,19H2,1-3H3,(H,36,39)(H,40,41)/b37-23-/t25-,26+,27-,28-,30-,33-,34+/m0/s1. The third kappa shape index (κ3) is 4.96. The van der Waals surface area contributed by atoms with Gasteiger partial charge in [-0.05, 0) is 105 Å². The number of aromatic amines is 1. The lowest BCUT2D eigenvalue weighted by molar-refractivity contribution is -0.142. The number of H-pyrrole nitrogens is 1. The molecule has 1 amide bonds. The van der Waals surface area contributed by atoms with Crippen molar-refractivity contribution in [1.29, 1.82) is 0 Å². The van der Waals surface area contributed by atoms with E-state index in [1.807, 2.05) is 24.3 Å². The van der Waals surface area contributed by atoms with Crippen molar-refractivity contribution >= 4 is 34.3 Å². The molecule has 2 aromatic rings. The molecule has 0 radical (unpaired) electrons. The van der Waals surface area contributed by atoms with Crippen LogP contribution in [0, 0.1) is 34.5 Å². The Morgan fingerprint density at radius 2 is 1.90 bits per heavy atom. The number of ketones is 1. The monoisotopic (exact) mass is 573 g/mol. The summed E-state index contributed by atoms with van der Waals surface area (Å²) in [6.45, 7) is 6.28. The summed E-state index contributed by atoms with van der Waals surface area (Å²) in [7, 11) is 0. The quantitative estimate of drug-likeness (QED) is 0.344. The largest absolute Gasteiger partial charge is 0.480 e. The van der Waals surface area contributed by atoms with E-state index in [1.54, 1.807) is 13.1 Å². The first-order chi connectivity index (χ1) is 20.1. The van der Waals surface area contributed by atoms with Gasteiger partial charge in [-0.1, -0.05) is 42.8 Å². The van der Waals surface area contributed by atoms with Crippen molar-refractivity contribution in [3.63, 3.8) is 0 Å². The predicted octanol–water partition coefficient (Wildman–Crippen LogP) is 5.82. The van der Waals surface area contributed by atoms with Gasteiger partial charge in [0, 0.05) is 29.4 Å². The molecule has 8 nitrogen and oxygen atoms in total. The molecule has 3 fully saturated rings. The van der Waals surface area contributed by atoms with Crippen LogP contribution >= 0.6 is 0 Å². The van der Waals surface area contributed by atoms with Crippen molar-refractivity contribution in [3.05, 3.63) is 47.7 Å². The number of carboxylic acids is 1. The van der Waals surface area contributed by atoms with E-state index in [0.717, 1.165) is 54.3 Å². The summed E-state index contributed by atoms with van der Waals surface area (Å²) in [5.74, 6) is 0.967. The van der Waals surface area contributed by atoms with Gasteiger partial charge in [-0.2, -0.15) is 0 Å². The summed E-state index contributed by atoms with van der Waals surface area (Å²) in [6, 6.07) is 6.61. The van der Waals surface area contributed by atoms with Crippen molar-refractivity contribution in [2.24, 2.45) is 39.7 Å². The maximum atomic E-state index is 12.6. The minimum Gasteiger partial charge on any atom is -0.480 e.